The molecule has 200 valence electrons. The maximum absolute atomic E-state index is 12.6. The van der Waals surface area contributed by atoms with E-state index in [2.05, 4.69) is 27.1 Å². The van der Waals surface area contributed by atoms with Crippen molar-refractivity contribution in [2.75, 3.05) is 44.3 Å². The van der Waals surface area contributed by atoms with Crippen molar-refractivity contribution in [1.82, 2.24) is 19.7 Å². The number of rotatable bonds is 9. The molecule has 0 radical (unpaired) electrons. The Labute approximate surface area is 227 Å². The Hall–Kier alpha value is -4.50. The molecule has 9 nitrogen and oxygen atoms in total. The highest BCUT2D eigenvalue weighted by molar-refractivity contribution is 5.89. The molecule has 2 aromatic carbocycles. The number of carbonyl (C=O) groups is 2. The van der Waals surface area contributed by atoms with Crippen LogP contribution in [0.3, 0.4) is 0 Å². The van der Waals surface area contributed by atoms with E-state index in [1.807, 2.05) is 65.6 Å². The summed E-state index contributed by atoms with van der Waals surface area (Å²) in [4.78, 5) is 33.5. The highest BCUT2D eigenvalue weighted by atomic mass is 16.5. The van der Waals surface area contributed by atoms with Crippen LogP contribution < -0.4 is 4.90 Å². The lowest BCUT2D eigenvalue weighted by Crippen LogP contribution is -2.49. The SMILES string of the molecule is CCOC(=O)c1cc(-c2ccc(N3CCN(C(=O)COCc4ccccc4)CC3)cc2)n(-c2ccccn2)n1. The van der Waals surface area contributed by atoms with Crippen LogP contribution >= 0.6 is 0 Å². The van der Waals surface area contributed by atoms with Gasteiger partial charge in [-0.3, -0.25) is 4.79 Å². The summed E-state index contributed by atoms with van der Waals surface area (Å²) in [6.07, 6.45) is 1.69. The van der Waals surface area contributed by atoms with E-state index in [0.717, 1.165) is 35.6 Å². The lowest BCUT2D eigenvalue weighted by Gasteiger charge is -2.36. The fourth-order valence-electron chi connectivity index (χ4n) is 4.52. The number of carbonyl (C=O) groups excluding carboxylic acids is 2. The molecule has 0 N–H and O–H groups in total. The van der Waals surface area contributed by atoms with Crippen LogP contribution in [-0.2, 0) is 20.9 Å². The van der Waals surface area contributed by atoms with E-state index in [9.17, 15) is 9.59 Å². The Balaban J connectivity index is 1.22. The summed E-state index contributed by atoms with van der Waals surface area (Å²) in [5.41, 5.74) is 4.00. The highest BCUT2D eigenvalue weighted by Gasteiger charge is 2.22. The Morgan fingerprint density at radius 3 is 2.33 bits per heavy atom. The summed E-state index contributed by atoms with van der Waals surface area (Å²) >= 11 is 0. The fraction of sp³-hybridized carbons (Fsp3) is 0.267. The Morgan fingerprint density at radius 1 is 0.897 bits per heavy atom. The molecule has 0 spiro atoms. The molecule has 5 rings (SSSR count). The lowest BCUT2D eigenvalue weighted by atomic mass is 10.1. The van der Waals surface area contributed by atoms with Crippen molar-refractivity contribution >= 4 is 17.6 Å². The van der Waals surface area contributed by atoms with E-state index in [-0.39, 0.29) is 24.8 Å². The molecule has 1 aliphatic heterocycles. The van der Waals surface area contributed by atoms with Crippen molar-refractivity contribution in [3.63, 3.8) is 0 Å². The Kier molecular flexibility index (Phi) is 8.28. The van der Waals surface area contributed by atoms with E-state index < -0.39 is 5.97 Å². The fourth-order valence-corrected chi connectivity index (χ4v) is 4.52. The van der Waals surface area contributed by atoms with Gasteiger partial charge in [-0.05, 0) is 42.8 Å². The van der Waals surface area contributed by atoms with Crippen molar-refractivity contribution in [3.05, 3.63) is 96.3 Å². The summed E-state index contributed by atoms with van der Waals surface area (Å²) < 4.78 is 12.4. The molecule has 0 bridgehead atoms. The molecule has 9 heteroatoms. The molecule has 1 amide bonds. The summed E-state index contributed by atoms with van der Waals surface area (Å²) in [6.45, 7) is 5.32. The molecule has 1 saturated heterocycles. The molecule has 2 aromatic heterocycles. The van der Waals surface area contributed by atoms with Gasteiger partial charge in [0.2, 0.25) is 5.91 Å². The van der Waals surface area contributed by atoms with E-state index in [0.29, 0.717) is 25.5 Å². The predicted octanol–water partition coefficient (Wildman–Crippen LogP) is 3.98. The molecule has 1 aliphatic rings. The van der Waals surface area contributed by atoms with Gasteiger partial charge in [0.25, 0.3) is 0 Å². The second-order valence-electron chi connectivity index (χ2n) is 9.13. The smallest absolute Gasteiger partial charge is 0.358 e. The maximum Gasteiger partial charge on any atom is 0.358 e. The molecule has 0 atom stereocenters. The first-order valence-corrected chi connectivity index (χ1v) is 13.1. The standard InChI is InChI=1S/C30H31N5O4/c1-2-39-30(37)26-20-27(35(32-26)28-10-6-7-15-31-28)24-11-13-25(14-12-24)33-16-18-34(19-17-33)29(36)22-38-21-23-8-4-3-5-9-23/h3-15,20H,2,16-19,21-22H2,1H3. The van der Waals surface area contributed by atoms with Gasteiger partial charge in [0.05, 0.1) is 18.9 Å². The molecule has 4 aromatic rings. The van der Waals surface area contributed by atoms with Gasteiger partial charge in [0.1, 0.15) is 6.61 Å². The molecule has 0 aliphatic carbocycles. The molecular weight excluding hydrogens is 494 g/mol. The van der Waals surface area contributed by atoms with Gasteiger partial charge in [0.15, 0.2) is 11.5 Å². The highest BCUT2D eigenvalue weighted by Crippen LogP contribution is 2.27. The number of anilines is 1. The molecule has 39 heavy (non-hydrogen) atoms. The number of amides is 1. The van der Waals surface area contributed by atoms with Gasteiger partial charge >= 0.3 is 5.97 Å². The molecule has 0 unspecified atom stereocenters. The number of pyridine rings is 1. The average molecular weight is 526 g/mol. The van der Waals surface area contributed by atoms with Gasteiger partial charge in [-0.15, -0.1) is 0 Å². The number of aromatic nitrogens is 3. The number of hydrogen-bond acceptors (Lipinski definition) is 7. The van der Waals surface area contributed by atoms with Crippen molar-refractivity contribution in [2.45, 2.75) is 13.5 Å². The number of esters is 1. The third-order valence-corrected chi connectivity index (χ3v) is 6.56. The number of ether oxygens (including phenoxy) is 2. The second kappa shape index (κ2) is 12.4. The van der Waals surface area contributed by atoms with Crippen LogP contribution in [0.2, 0.25) is 0 Å². The number of nitrogens with zero attached hydrogens (tertiary/aromatic N) is 5. The first-order valence-electron chi connectivity index (χ1n) is 13.1. The zero-order valence-corrected chi connectivity index (χ0v) is 21.9. The van der Waals surface area contributed by atoms with Crippen LogP contribution in [0.15, 0.2) is 85.1 Å². The molecule has 0 saturated carbocycles. The van der Waals surface area contributed by atoms with Gasteiger partial charge in [0, 0.05) is 43.6 Å². The van der Waals surface area contributed by atoms with Crippen LogP contribution in [0.1, 0.15) is 23.0 Å². The largest absolute Gasteiger partial charge is 0.461 e. The summed E-state index contributed by atoms with van der Waals surface area (Å²) in [5, 5.41) is 4.47. The van der Waals surface area contributed by atoms with Crippen molar-refractivity contribution in [1.29, 1.82) is 0 Å². The normalized spacial score (nSPS) is 13.4. The van der Waals surface area contributed by atoms with E-state index in [1.54, 1.807) is 23.9 Å². The Bertz CT molecular complexity index is 1380. The van der Waals surface area contributed by atoms with Gasteiger partial charge in [-0.25, -0.2) is 14.5 Å². The third kappa shape index (κ3) is 6.32. The van der Waals surface area contributed by atoms with Crippen molar-refractivity contribution < 1.29 is 19.1 Å². The van der Waals surface area contributed by atoms with Gasteiger partial charge in [-0.1, -0.05) is 48.5 Å². The Morgan fingerprint density at radius 2 is 1.64 bits per heavy atom. The molecular formula is C30H31N5O4. The average Bonchev–Trinajstić information content (AvgIpc) is 3.44. The quantitative estimate of drug-likeness (QED) is 0.306. The first-order chi connectivity index (χ1) is 19.1. The van der Waals surface area contributed by atoms with Gasteiger partial charge < -0.3 is 19.3 Å². The van der Waals surface area contributed by atoms with E-state index in [1.165, 1.54) is 0 Å². The van der Waals surface area contributed by atoms with E-state index in [4.69, 9.17) is 9.47 Å². The monoisotopic (exact) mass is 525 g/mol. The van der Waals surface area contributed by atoms with Crippen LogP contribution in [0, 0.1) is 0 Å². The van der Waals surface area contributed by atoms with E-state index >= 15 is 0 Å². The van der Waals surface area contributed by atoms with Crippen molar-refractivity contribution in [3.8, 4) is 17.1 Å². The summed E-state index contributed by atoms with van der Waals surface area (Å²) in [6, 6.07) is 25.3. The van der Waals surface area contributed by atoms with Crippen LogP contribution in [-0.4, -0.2) is 70.9 Å². The third-order valence-electron chi connectivity index (χ3n) is 6.56. The lowest BCUT2D eigenvalue weighted by molar-refractivity contribution is -0.136. The zero-order chi connectivity index (χ0) is 27.0. The number of hydrogen-bond donors (Lipinski definition) is 0. The maximum atomic E-state index is 12.6. The minimum atomic E-state index is -0.470. The predicted molar refractivity (Wildman–Crippen MR) is 148 cm³/mol. The van der Waals surface area contributed by atoms with Gasteiger partial charge in [-0.2, -0.15) is 5.10 Å². The summed E-state index contributed by atoms with van der Waals surface area (Å²) in [7, 11) is 0. The van der Waals surface area contributed by atoms with Crippen molar-refractivity contribution in [2.24, 2.45) is 0 Å². The second-order valence-corrected chi connectivity index (χ2v) is 9.13. The minimum absolute atomic E-state index is 0.0149. The van der Waals surface area contributed by atoms with Crippen LogP contribution in [0.4, 0.5) is 5.69 Å². The van der Waals surface area contributed by atoms with Crippen LogP contribution in [0.5, 0.6) is 0 Å². The number of benzene rings is 2. The number of piperazine rings is 1. The summed E-state index contributed by atoms with van der Waals surface area (Å²) in [5.74, 6) is 0.157. The zero-order valence-electron chi connectivity index (χ0n) is 21.9. The topological polar surface area (TPSA) is 89.8 Å². The minimum Gasteiger partial charge on any atom is -0.461 e. The first kappa shape index (κ1) is 26.1. The van der Waals surface area contributed by atoms with Crippen LogP contribution in [0.25, 0.3) is 17.1 Å². The molecule has 1 fully saturated rings. The molecule has 3 heterocycles.